The van der Waals surface area contributed by atoms with Crippen molar-refractivity contribution in [3.8, 4) is 0 Å². The fourth-order valence-electron chi connectivity index (χ4n) is 2.16. The maximum atomic E-state index is 14.0. The second-order valence-electron chi connectivity index (χ2n) is 4.87. The molecule has 0 aliphatic carbocycles. The maximum Gasteiger partial charge on any atom is 0.341 e. The fraction of sp³-hybridized carbons (Fsp3) is 0.105. The van der Waals surface area contributed by atoms with Crippen molar-refractivity contribution in [3.63, 3.8) is 0 Å². The van der Waals surface area contributed by atoms with E-state index in [1.54, 1.807) is 24.3 Å². The van der Waals surface area contributed by atoms with Gasteiger partial charge in [-0.25, -0.2) is 14.2 Å². The summed E-state index contributed by atoms with van der Waals surface area (Å²) in [6.45, 7) is 0. The lowest BCUT2D eigenvalue weighted by Crippen LogP contribution is -2.07. The molecule has 0 aliphatic heterocycles. The minimum Gasteiger partial charge on any atom is -0.481 e. The van der Waals surface area contributed by atoms with E-state index >= 15 is 0 Å². The first-order valence-electron chi connectivity index (χ1n) is 7.32. The quantitative estimate of drug-likeness (QED) is 0.275. The first kappa shape index (κ1) is 18.1. The normalized spacial score (nSPS) is 11.8. The number of methoxy groups -OCH3 is 2. The summed E-state index contributed by atoms with van der Waals surface area (Å²) >= 11 is 0. The lowest BCUT2D eigenvalue weighted by atomic mass is 10.1. The van der Waals surface area contributed by atoms with E-state index in [4.69, 9.17) is 4.74 Å². The van der Waals surface area contributed by atoms with Crippen molar-refractivity contribution >= 4 is 24.2 Å². The third kappa shape index (κ3) is 4.38. The molecule has 0 atom stereocenters. The Morgan fingerprint density at radius 2 is 1.76 bits per heavy atom. The van der Waals surface area contributed by atoms with E-state index in [1.807, 2.05) is 6.07 Å². The SMILES string of the molecule is COC(=O)c1c(F)cccc1/C=C(C=O)\N=C(/OC)c1ccccc1. The molecule has 2 rings (SSSR count). The molecule has 0 aliphatic rings. The first-order chi connectivity index (χ1) is 12.1. The van der Waals surface area contributed by atoms with E-state index in [0.29, 0.717) is 11.8 Å². The topological polar surface area (TPSA) is 65.0 Å². The van der Waals surface area contributed by atoms with Crippen LogP contribution in [0.15, 0.2) is 59.2 Å². The van der Waals surface area contributed by atoms with E-state index < -0.39 is 11.8 Å². The molecule has 0 heterocycles. The number of carbonyl (C=O) groups is 2. The van der Waals surface area contributed by atoms with Crippen LogP contribution >= 0.6 is 0 Å². The van der Waals surface area contributed by atoms with Gasteiger partial charge in [-0.2, -0.15) is 0 Å². The predicted octanol–water partition coefficient (Wildman–Crippen LogP) is 3.25. The minimum atomic E-state index is -0.839. The van der Waals surface area contributed by atoms with Gasteiger partial charge in [0.2, 0.25) is 5.90 Å². The van der Waals surface area contributed by atoms with Gasteiger partial charge in [0.25, 0.3) is 0 Å². The van der Waals surface area contributed by atoms with E-state index in [2.05, 4.69) is 9.73 Å². The minimum absolute atomic E-state index is 0.0311. The lowest BCUT2D eigenvalue weighted by molar-refractivity contribution is -0.104. The Bertz CT molecular complexity index is 829. The molecule has 0 fully saturated rings. The van der Waals surface area contributed by atoms with Crippen LogP contribution in [0.5, 0.6) is 0 Å². The summed E-state index contributed by atoms with van der Waals surface area (Å²) < 4.78 is 23.8. The highest BCUT2D eigenvalue weighted by Crippen LogP contribution is 2.18. The molecule has 2 aromatic rings. The lowest BCUT2D eigenvalue weighted by Gasteiger charge is -2.07. The van der Waals surface area contributed by atoms with Crippen LogP contribution in [0.1, 0.15) is 21.5 Å². The molecule has 0 N–H and O–H groups in total. The molecule has 6 heteroatoms. The smallest absolute Gasteiger partial charge is 0.341 e. The number of esters is 1. The van der Waals surface area contributed by atoms with Gasteiger partial charge in [0, 0.05) is 5.56 Å². The highest BCUT2D eigenvalue weighted by molar-refractivity contribution is 5.99. The molecular formula is C19H16FNO4. The molecule has 0 radical (unpaired) electrons. The highest BCUT2D eigenvalue weighted by Gasteiger charge is 2.16. The van der Waals surface area contributed by atoms with Crippen molar-refractivity contribution < 1.29 is 23.5 Å². The maximum absolute atomic E-state index is 14.0. The zero-order valence-corrected chi connectivity index (χ0v) is 13.7. The second-order valence-corrected chi connectivity index (χ2v) is 4.87. The molecule has 0 amide bonds. The van der Waals surface area contributed by atoms with Crippen molar-refractivity contribution in [2.24, 2.45) is 4.99 Å². The van der Waals surface area contributed by atoms with Crippen LogP contribution in [0, 0.1) is 5.82 Å². The molecular weight excluding hydrogens is 325 g/mol. The summed E-state index contributed by atoms with van der Waals surface area (Å²) in [5.74, 6) is -1.37. The van der Waals surface area contributed by atoms with Gasteiger partial charge in [0.05, 0.1) is 14.2 Å². The van der Waals surface area contributed by atoms with E-state index in [9.17, 15) is 14.0 Å². The largest absolute Gasteiger partial charge is 0.481 e. The molecule has 5 nitrogen and oxygen atoms in total. The van der Waals surface area contributed by atoms with Crippen LogP contribution < -0.4 is 0 Å². The molecule has 0 saturated carbocycles. The average Bonchev–Trinajstić information content (AvgIpc) is 2.65. The number of allylic oxidation sites excluding steroid dienone is 1. The molecule has 0 spiro atoms. The van der Waals surface area contributed by atoms with Crippen molar-refractivity contribution in [1.29, 1.82) is 0 Å². The zero-order chi connectivity index (χ0) is 18.2. The molecule has 25 heavy (non-hydrogen) atoms. The van der Waals surface area contributed by atoms with Gasteiger partial charge < -0.3 is 9.47 Å². The average molecular weight is 341 g/mol. The second kappa shape index (κ2) is 8.54. The summed E-state index contributed by atoms with van der Waals surface area (Å²) in [5.41, 5.74) is 0.557. The monoisotopic (exact) mass is 341 g/mol. The zero-order valence-electron chi connectivity index (χ0n) is 13.7. The van der Waals surface area contributed by atoms with Crippen LogP contribution in [0.25, 0.3) is 6.08 Å². The predicted molar refractivity (Wildman–Crippen MR) is 91.8 cm³/mol. The fourth-order valence-corrected chi connectivity index (χ4v) is 2.16. The van der Waals surface area contributed by atoms with Gasteiger partial charge in [-0.05, 0) is 29.8 Å². The Hall–Kier alpha value is -3.28. The van der Waals surface area contributed by atoms with E-state index in [1.165, 1.54) is 25.3 Å². The number of hydrogen-bond donors (Lipinski definition) is 0. The van der Waals surface area contributed by atoms with Gasteiger partial charge in [-0.3, -0.25) is 4.79 Å². The van der Waals surface area contributed by atoms with Crippen LogP contribution in [0.4, 0.5) is 4.39 Å². The Morgan fingerprint density at radius 3 is 2.36 bits per heavy atom. The summed E-state index contributed by atoms with van der Waals surface area (Å²) in [5, 5.41) is 0. The number of halogens is 1. The third-order valence-electron chi connectivity index (χ3n) is 3.30. The summed E-state index contributed by atoms with van der Waals surface area (Å²) in [7, 11) is 2.58. The molecule has 0 bridgehead atoms. The Morgan fingerprint density at radius 1 is 1.04 bits per heavy atom. The Kier molecular flexibility index (Phi) is 6.17. The molecule has 0 saturated heterocycles. The van der Waals surface area contributed by atoms with Crippen LogP contribution in [-0.2, 0) is 14.3 Å². The third-order valence-corrected chi connectivity index (χ3v) is 3.30. The number of benzene rings is 2. The number of nitrogens with zero attached hydrogens (tertiary/aromatic N) is 1. The summed E-state index contributed by atoms with van der Waals surface area (Å²) in [6.07, 6.45) is 1.79. The van der Waals surface area contributed by atoms with Crippen molar-refractivity contribution in [1.82, 2.24) is 0 Å². The van der Waals surface area contributed by atoms with Gasteiger partial charge in [0.15, 0.2) is 6.29 Å². The number of aldehydes is 1. The van der Waals surface area contributed by atoms with Crippen LogP contribution in [-0.4, -0.2) is 32.4 Å². The van der Waals surface area contributed by atoms with E-state index in [-0.39, 0.29) is 22.7 Å². The number of ether oxygens (including phenoxy) is 2. The number of rotatable bonds is 5. The van der Waals surface area contributed by atoms with Gasteiger partial charge in [-0.1, -0.05) is 30.3 Å². The highest BCUT2D eigenvalue weighted by atomic mass is 19.1. The molecule has 128 valence electrons. The summed E-state index contributed by atoms with van der Waals surface area (Å²) in [6, 6.07) is 13.0. The van der Waals surface area contributed by atoms with Crippen molar-refractivity contribution in [3.05, 3.63) is 76.7 Å². The van der Waals surface area contributed by atoms with Crippen LogP contribution in [0.3, 0.4) is 0 Å². The first-order valence-corrected chi connectivity index (χ1v) is 7.32. The van der Waals surface area contributed by atoms with Gasteiger partial charge in [-0.15, -0.1) is 0 Å². The molecule has 0 unspecified atom stereocenters. The Balaban J connectivity index is 2.51. The van der Waals surface area contributed by atoms with E-state index in [0.717, 1.165) is 13.2 Å². The summed E-state index contributed by atoms with van der Waals surface area (Å²) in [4.78, 5) is 27.3. The van der Waals surface area contributed by atoms with Crippen LogP contribution in [0.2, 0.25) is 0 Å². The molecule has 0 aromatic heterocycles. The Labute approximate surface area is 144 Å². The number of hydrogen-bond acceptors (Lipinski definition) is 5. The van der Waals surface area contributed by atoms with Crippen molar-refractivity contribution in [2.75, 3.05) is 14.2 Å². The number of aliphatic imine (C=N–C) groups is 1. The standard InChI is InChI=1S/C19H16FNO4/c1-24-18(13-7-4-3-5-8-13)21-15(12-22)11-14-9-6-10-16(20)17(14)19(23)25-2/h3-12H,1-2H3/b15-11-,21-18-. The van der Waals surface area contributed by atoms with Gasteiger partial charge in [0.1, 0.15) is 17.1 Å². The molecule has 2 aromatic carbocycles. The number of carbonyl (C=O) groups excluding carboxylic acids is 2. The van der Waals surface area contributed by atoms with Crippen molar-refractivity contribution in [2.45, 2.75) is 0 Å². The van der Waals surface area contributed by atoms with Gasteiger partial charge >= 0.3 is 5.97 Å².